The lowest BCUT2D eigenvalue weighted by Crippen LogP contribution is -2.02. The highest BCUT2D eigenvalue weighted by Gasteiger charge is 2.09. The minimum absolute atomic E-state index is 0.324. The first-order chi connectivity index (χ1) is 7.06. The van der Waals surface area contributed by atoms with Gasteiger partial charge in [0.2, 0.25) is 5.71 Å². The number of oxazole rings is 1. The molecule has 15 heavy (non-hydrogen) atoms. The van der Waals surface area contributed by atoms with E-state index in [1.165, 1.54) is 0 Å². The number of H-pyrrole nitrogens is 1. The van der Waals surface area contributed by atoms with Crippen LogP contribution in [0, 0.1) is 5.92 Å². The first-order valence-corrected chi connectivity index (χ1v) is 4.84. The molecule has 0 aliphatic carbocycles. The van der Waals surface area contributed by atoms with E-state index in [1.54, 1.807) is 6.07 Å². The lowest BCUT2D eigenvalue weighted by atomic mass is 10.1. The van der Waals surface area contributed by atoms with Crippen LogP contribution >= 0.6 is 0 Å². The fraction of sp³-hybridized carbons (Fsp3) is 0.400. The Morgan fingerprint density at radius 2 is 2.33 bits per heavy atom. The van der Waals surface area contributed by atoms with Crippen LogP contribution < -0.4 is 11.5 Å². The average Bonchev–Trinajstić information content (AvgIpc) is 2.44. The van der Waals surface area contributed by atoms with E-state index in [1.807, 2.05) is 0 Å². The summed E-state index contributed by atoms with van der Waals surface area (Å²) in [7, 11) is 0. The molecular formula is C10H13N3O2. The van der Waals surface area contributed by atoms with Crippen LogP contribution in [-0.4, -0.2) is 9.97 Å². The molecule has 0 saturated carbocycles. The third kappa shape index (κ3) is 1.86. The zero-order valence-electron chi connectivity index (χ0n) is 8.70. The number of hydrogen-bond donors (Lipinski definition) is 2. The van der Waals surface area contributed by atoms with Gasteiger partial charge in [0.15, 0.2) is 0 Å². The summed E-state index contributed by atoms with van der Waals surface area (Å²) in [6.45, 7) is 4.16. The first-order valence-electron chi connectivity index (χ1n) is 4.84. The summed E-state index contributed by atoms with van der Waals surface area (Å²) in [6.07, 6.45) is 0.774. The number of rotatable bonds is 2. The van der Waals surface area contributed by atoms with Crippen LogP contribution in [0.4, 0.5) is 5.69 Å². The predicted molar refractivity (Wildman–Crippen MR) is 57.6 cm³/mol. The molecule has 0 bridgehead atoms. The number of nitrogen functional groups attached to an aromatic ring is 1. The fourth-order valence-electron chi connectivity index (χ4n) is 1.49. The highest BCUT2D eigenvalue weighted by Crippen LogP contribution is 2.18. The highest BCUT2D eigenvalue weighted by atomic mass is 16.4. The van der Waals surface area contributed by atoms with Gasteiger partial charge in [0.1, 0.15) is 5.52 Å². The molecule has 0 radical (unpaired) electrons. The van der Waals surface area contributed by atoms with Crippen molar-refractivity contribution < 1.29 is 4.42 Å². The predicted octanol–water partition coefficient (Wildman–Crippen LogP) is 1.30. The SMILES string of the molecule is CC(C)Cc1nc2oc(=O)[nH]c2cc1N. The number of aromatic amines is 1. The molecule has 0 aromatic carbocycles. The van der Waals surface area contributed by atoms with E-state index in [-0.39, 0.29) is 0 Å². The molecule has 5 nitrogen and oxygen atoms in total. The van der Waals surface area contributed by atoms with Crippen molar-refractivity contribution in [2.75, 3.05) is 5.73 Å². The number of aromatic nitrogens is 2. The third-order valence-electron chi connectivity index (χ3n) is 2.13. The Bertz CT molecular complexity index is 539. The molecule has 2 aromatic rings. The molecule has 2 heterocycles. The van der Waals surface area contributed by atoms with E-state index in [2.05, 4.69) is 23.8 Å². The van der Waals surface area contributed by atoms with Crippen LogP contribution in [0.1, 0.15) is 19.5 Å². The molecule has 0 aliphatic rings. The minimum atomic E-state index is -0.501. The Kier molecular flexibility index (Phi) is 2.22. The van der Waals surface area contributed by atoms with Crippen molar-refractivity contribution >= 4 is 16.9 Å². The standard InChI is InChI=1S/C10H13N3O2/c1-5(2)3-7-6(11)4-8-9(12-7)15-10(14)13-8/h4-5H,3,11H2,1-2H3,(H,13,14). The fourth-order valence-corrected chi connectivity index (χ4v) is 1.49. The lowest BCUT2D eigenvalue weighted by molar-refractivity contribution is 0.542. The van der Waals surface area contributed by atoms with Crippen LogP contribution in [0.15, 0.2) is 15.3 Å². The summed E-state index contributed by atoms with van der Waals surface area (Å²) in [5.74, 6) is -0.0403. The van der Waals surface area contributed by atoms with Gasteiger partial charge < -0.3 is 10.2 Å². The van der Waals surface area contributed by atoms with E-state index in [9.17, 15) is 4.79 Å². The van der Waals surface area contributed by atoms with Crippen LogP contribution in [0.2, 0.25) is 0 Å². The molecule has 3 N–H and O–H groups in total. The molecule has 0 fully saturated rings. The van der Waals surface area contributed by atoms with Gasteiger partial charge in [-0.3, -0.25) is 4.98 Å². The van der Waals surface area contributed by atoms with Gasteiger partial charge in [-0.2, -0.15) is 0 Å². The quantitative estimate of drug-likeness (QED) is 0.777. The maximum atomic E-state index is 10.9. The van der Waals surface area contributed by atoms with E-state index >= 15 is 0 Å². The minimum Gasteiger partial charge on any atom is -0.397 e. The normalized spacial score (nSPS) is 11.4. The maximum absolute atomic E-state index is 10.9. The van der Waals surface area contributed by atoms with Gasteiger partial charge in [-0.15, -0.1) is 0 Å². The van der Waals surface area contributed by atoms with Crippen molar-refractivity contribution in [2.24, 2.45) is 5.92 Å². The topological polar surface area (TPSA) is 84.9 Å². The summed E-state index contributed by atoms with van der Waals surface area (Å²) < 4.78 is 4.87. The largest absolute Gasteiger partial charge is 0.418 e. The second kappa shape index (κ2) is 3.42. The molecule has 0 unspecified atom stereocenters. The van der Waals surface area contributed by atoms with E-state index in [4.69, 9.17) is 10.2 Å². The number of fused-ring (bicyclic) bond motifs is 1. The summed E-state index contributed by atoms with van der Waals surface area (Å²) in [5.41, 5.74) is 8.06. The van der Waals surface area contributed by atoms with Crippen LogP contribution in [0.3, 0.4) is 0 Å². The Morgan fingerprint density at radius 1 is 1.60 bits per heavy atom. The average molecular weight is 207 g/mol. The van der Waals surface area contributed by atoms with Crippen molar-refractivity contribution in [3.63, 3.8) is 0 Å². The van der Waals surface area contributed by atoms with Gasteiger partial charge in [0.05, 0.1) is 11.4 Å². The van der Waals surface area contributed by atoms with Gasteiger partial charge >= 0.3 is 5.76 Å². The summed E-state index contributed by atoms with van der Waals surface area (Å²) in [5, 5.41) is 0. The van der Waals surface area contributed by atoms with Crippen molar-refractivity contribution in [3.05, 3.63) is 22.3 Å². The second-order valence-electron chi connectivity index (χ2n) is 3.99. The molecule has 2 aromatic heterocycles. The summed E-state index contributed by atoms with van der Waals surface area (Å²) in [4.78, 5) is 17.7. The summed E-state index contributed by atoms with van der Waals surface area (Å²) >= 11 is 0. The van der Waals surface area contributed by atoms with Crippen molar-refractivity contribution in [2.45, 2.75) is 20.3 Å². The van der Waals surface area contributed by atoms with Crippen molar-refractivity contribution in [3.8, 4) is 0 Å². The number of anilines is 1. The van der Waals surface area contributed by atoms with Crippen LogP contribution in [-0.2, 0) is 6.42 Å². The van der Waals surface area contributed by atoms with Crippen LogP contribution in [0.25, 0.3) is 11.2 Å². The Labute approximate surface area is 86.3 Å². The zero-order valence-corrected chi connectivity index (χ0v) is 8.70. The van der Waals surface area contributed by atoms with Crippen molar-refractivity contribution in [1.82, 2.24) is 9.97 Å². The van der Waals surface area contributed by atoms with Crippen molar-refractivity contribution in [1.29, 1.82) is 0 Å². The van der Waals surface area contributed by atoms with Gasteiger partial charge in [0.25, 0.3) is 0 Å². The molecule has 5 heteroatoms. The number of nitrogens with zero attached hydrogens (tertiary/aromatic N) is 1. The monoisotopic (exact) mass is 207 g/mol. The van der Waals surface area contributed by atoms with E-state index in [0.29, 0.717) is 22.8 Å². The van der Waals surface area contributed by atoms with E-state index in [0.717, 1.165) is 12.1 Å². The lowest BCUT2D eigenvalue weighted by Gasteiger charge is -2.06. The number of nitrogens with one attached hydrogen (secondary N) is 1. The van der Waals surface area contributed by atoms with Gasteiger partial charge in [-0.05, 0) is 18.4 Å². The Balaban J connectivity index is 2.56. The first kappa shape index (κ1) is 9.76. The molecule has 0 amide bonds. The number of nitrogens with two attached hydrogens (primary N) is 1. The molecule has 2 rings (SSSR count). The summed E-state index contributed by atoms with van der Waals surface area (Å²) in [6, 6.07) is 1.69. The molecule has 0 saturated heterocycles. The maximum Gasteiger partial charge on any atom is 0.418 e. The van der Waals surface area contributed by atoms with E-state index < -0.39 is 5.76 Å². The third-order valence-corrected chi connectivity index (χ3v) is 2.13. The smallest absolute Gasteiger partial charge is 0.397 e. The molecule has 80 valence electrons. The van der Waals surface area contributed by atoms with Gasteiger partial charge in [-0.25, -0.2) is 9.78 Å². The number of pyridine rings is 1. The van der Waals surface area contributed by atoms with Gasteiger partial charge in [-0.1, -0.05) is 13.8 Å². The Morgan fingerprint density at radius 3 is 3.00 bits per heavy atom. The molecule has 0 spiro atoms. The van der Waals surface area contributed by atoms with Gasteiger partial charge in [0, 0.05) is 0 Å². The zero-order chi connectivity index (χ0) is 11.0. The van der Waals surface area contributed by atoms with Crippen LogP contribution in [0.5, 0.6) is 0 Å². The Hall–Kier alpha value is -1.78. The molecule has 0 aliphatic heterocycles. The number of hydrogen-bond acceptors (Lipinski definition) is 4. The molecular weight excluding hydrogens is 194 g/mol. The second-order valence-corrected chi connectivity index (χ2v) is 3.99. The highest BCUT2D eigenvalue weighted by molar-refractivity contribution is 5.73. The molecule has 0 atom stereocenters.